The highest BCUT2D eigenvalue weighted by atomic mass is 127. The maximum absolute atomic E-state index is 12.3. The van der Waals surface area contributed by atoms with E-state index in [0.717, 1.165) is 42.6 Å². The molecular formula is C19H34IN5O2S. The summed E-state index contributed by atoms with van der Waals surface area (Å²) in [5, 5.41) is 7.82. The first kappa shape index (κ1) is 24.9. The van der Waals surface area contributed by atoms with E-state index in [1.54, 1.807) is 18.4 Å². The Bertz CT molecular complexity index is 672. The first-order chi connectivity index (χ1) is 12.7. The number of aliphatic imine (C=N–C) groups is 1. The first-order valence-electron chi connectivity index (χ1n) is 9.53. The molecule has 2 heterocycles. The lowest BCUT2D eigenvalue weighted by Gasteiger charge is -2.34. The number of aromatic nitrogens is 1. The molecule has 160 valence electrons. The van der Waals surface area contributed by atoms with Crippen molar-refractivity contribution in [3.05, 3.63) is 15.6 Å². The Morgan fingerprint density at radius 1 is 1.36 bits per heavy atom. The number of likely N-dealkylation sites (tertiary alicyclic amines) is 1. The van der Waals surface area contributed by atoms with Crippen LogP contribution in [0.5, 0.6) is 0 Å². The van der Waals surface area contributed by atoms with E-state index in [4.69, 9.17) is 4.74 Å². The van der Waals surface area contributed by atoms with E-state index in [1.165, 1.54) is 4.88 Å². The van der Waals surface area contributed by atoms with Gasteiger partial charge in [-0.2, -0.15) is 0 Å². The highest BCUT2D eigenvalue weighted by Gasteiger charge is 2.27. The number of guanidine groups is 1. The van der Waals surface area contributed by atoms with Gasteiger partial charge in [-0.3, -0.25) is 4.99 Å². The molecule has 2 N–H and O–H groups in total. The van der Waals surface area contributed by atoms with E-state index in [1.807, 2.05) is 39.5 Å². The van der Waals surface area contributed by atoms with Crippen molar-refractivity contribution >= 4 is 47.4 Å². The standard InChI is InChI=1S/C19H33N5O2S.HI/c1-13-16(27-14(2)23-13)11-22-17(20-6)21-10-15-8-7-9-24(12-15)18(25)26-19(3,4)5;/h15H,7-12H2,1-6H3,(H2,20,21,22);1H. The Balaban J connectivity index is 0.00000392. The zero-order valence-corrected chi connectivity index (χ0v) is 20.9. The van der Waals surface area contributed by atoms with Crippen LogP contribution in [0.1, 0.15) is 49.2 Å². The highest BCUT2D eigenvalue weighted by molar-refractivity contribution is 14.0. The minimum absolute atomic E-state index is 0. The normalized spacial score (nSPS) is 17.7. The third-order valence-corrected chi connectivity index (χ3v) is 5.44. The predicted octanol–water partition coefficient (Wildman–Crippen LogP) is 3.69. The number of piperidine rings is 1. The van der Waals surface area contributed by atoms with Crippen LogP contribution < -0.4 is 10.6 Å². The Morgan fingerprint density at radius 3 is 2.64 bits per heavy atom. The average molecular weight is 523 g/mol. The van der Waals surface area contributed by atoms with Gasteiger partial charge in [0.15, 0.2) is 5.96 Å². The van der Waals surface area contributed by atoms with E-state index in [0.29, 0.717) is 19.0 Å². The summed E-state index contributed by atoms with van der Waals surface area (Å²) in [5.74, 6) is 1.16. The fourth-order valence-electron chi connectivity index (χ4n) is 3.09. The minimum Gasteiger partial charge on any atom is -0.444 e. The van der Waals surface area contributed by atoms with Crippen molar-refractivity contribution in [1.82, 2.24) is 20.5 Å². The molecular weight excluding hydrogens is 489 g/mol. The molecule has 7 nitrogen and oxygen atoms in total. The topological polar surface area (TPSA) is 78.9 Å². The van der Waals surface area contributed by atoms with E-state index in [9.17, 15) is 4.79 Å². The summed E-state index contributed by atoms with van der Waals surface area (Å²) in [7, 11) is 1.77. The van der Waals surface area contributed by atoms with Crippen molar-refractivity contribution in [3.8, 4) is 0 Å². The van der Waals surface area contributed by atoms with Crippen LogP contribution in [0.2, 0.25) is 0 Å². The Kier molecular flexibility index (Phi) is 9.96. The van der Waals surface area contributed by atoms with Crippen LogP contribution in [0.3, 0.4) is 0 Å². The molecule has 0 aromatic carbocycles. The summed E-state index contributed by atoms with van der Waals surface area (Å²) in [5.41, 5.74) is 0.613. The maximum atomic E-state index is 12.3. The van der Waals surface area contributed by atoms with E-state index < -0.39 is 5.60 Å². The number of amides is 1. The largest absolute Gasteiger partial charge is 0.444 e. The number of aryl methyl sites for hydroxylation is 2. The van der Waals surface area contributed by atoms with Crippen LogP contribution in [0.25, 0.3) is 0 Å². The number of ether oxygens (including phenoxy) is 1. The summed E-state index contributed by atoms with van der Waals surface area (Å²) in [6.07, 6.45) is 1.87. The summed E-state index contributed by atoms with van der Waals surface area (Å²) in [4.78, 5) is 24.1. The summed E-state index contributed by atoms with van der Waals surface area (Å²) >= 11 is 1.71. The van der Waals surface area contributed by atoms with Gasteiger partial charge in [-0.25, -0.2) is 9.78 Å². The molecule has 1 aromatic heterocycles. The fraction of sp³-hybridized carbons (Fsp3) is 0.737. The number of nitrogens with one attached hydrogen (secondary N) is 2. The smallest absolute Gasteiger partial charge is 0.410 e. The zero-order chi connectivity index (χ0) is 20.0. The average Bonchev–Trinajstić information content (AvgIpc) is 2.91. The number of hydrogen-bond donors (Lipinski definition) is 2. The van der Waals surface area contributed by atoms with Gasteiger partial charge in [-0.05, 0) is 53.4 Å². The second-order valence-corrected chi connectivity index (χ2v) is 9.27. The molecule has 1 unspecified atom stereocenters. The predicted molar refractivity (Wildman–Crippen MR) is 126 cm³/mol. The molecule has 1 fully saturated rings. The molecule has 28 heavy (non-hydrogen) atoms. The molecule has 2 rings (SSSR count). The molecule has 1 aromatic rings. The Morgan fingerprint density at radius 2 is 2.07 bits per heavy atom. The number of hydrogen-bond acceptors (Lipinski definition) is 5. The summed E-state index contributed by atoms with van der Waals surface area (Å²) < 4.78 is 5.50. The van der Waals surface area contributed by atoms with E-state index in [2.05, 4.69) is 20.6 Å². The second-order valence-electron chi connectivity index (χ2n) is 7.98. The van der Waals surface area contributed by atoms with Crippen LogP contribution in [-0.2, 0) is 11.3 Å². The SMILES string of the molecule is CN=C(NCc1sc(C)nc1C)NCC1CCCN(C(=O)OC(C)(C)C)C1.I. The van der Waals surface area contributed by atoms with Crippen molar-refractivity contribution in [2.24, 2.45) is 10.9 Å². The molecule has 1 aliphatic rings. The quantitative estimate of drug-likeness (QED) is 0.358. The van der Waals surface area contributed by atoms with Gasteiger partial charge in [0.1, 0.15) is 5.60 Å². The zero-order valence-electron chi connectivity index (χ0n) is 17.8. The molecule has 1 aliphatic heterocycles. The number of nitrogens with zero attached hydrogens (tertiary/aromatic N) is 3. The van der Waals surface area contributed by atoms with Crippen LogP contribution in [0, 0.1) is 19.8 Å². The minimum atomic E-state index is -0.457. The van der Waals surface area contributed by atoms with Gasteiger partial charge in [-0.15, -0.1) is 35.3 Å². The van der Waals surface area contributed by atoms with Crippen LogP contribution in [-0.4, -0.2) is 54.2 Å². The van der Waals surface area contributed by atoms with Crippen molar-refractivity contribution < 1.29 is 9.53 Å². The van der Waals surface area contributed by atoms with Gasteiger partial charge >= 0.3 is 6.09 Å². The highest BCUT2D eigenvalue weighted by Crippen LogP contribution is 2.19. The third-order valence-electron chi connectivity index (χ3n) is 4.37. The Labute approximate surface area is 189 Å². The molecule has 1 atom stereocenters. The Hall–Kier alpha value is -1.10. The number of rotatable bonds is 4. The van der Waals surface area contributed by atoms with Gasteiger partial charge in [0.05, 0.1) is 17.2 Å². The molecule has 1 saturated heterocycles. The number of thiazole rings is 1. The van der Waals surface area contributed by atoms with Gasteiger partial charge in [0.25, 0.3) is 0 Å². The van der Waals surface area contributed by atoms with Crippen LogP contribution in [0.4, 0.5) is 4.79 Å². The second kappa shape index (κ2) is 11.2. The summed E-state index contributed by atoms with van der Waals surface area (Å²) in [6, 6.07) is 0. The summed E-state index contributed by atoms with van der Waals surface area (Å²) in [6.45, 7) is 12.7. The first-order valence-corrected chi connectivity index (χ1v) is 10.3. The fourth-order valence-corrected chi connectivity index (χ4v) is 3.96. The molecule has 9 heteroatoms. The molecule has 0 radical (unpaired) electrons. The van der Waals surface area contributed by atoms with Crippen molar-refractivity contribution in [2.45, 2.75) is 59.6 Å². The van der Waals surface area contributed by atoms with Crippen molar-refractivity contribution in [1.29, 1.82) is 0 Å². The lowest BCUT2D eigenvalue weighted by Crippen LogP contribution is -2.47. The van der Waals surface area contributed by atoms with Gasteiger partial charge in [0, 0.05) is 31.6 Å². The monoisotopic (exact) mass is 523 g/mol. The van der Waals surface area contributed by atoms with Gasteiger partial charge in [0.2, 0.25) is 0 Å². The maximum Gasteiger partial charge on any atom is 0.410 e. The molecule has 0 saturated carbocycles. The van der Waals surface area contributed by atoms with Gasteiger partial charge in [-0.1, -0.05) is 0 Å². The number of carbonyl (C=O) groups excluding carboxylic acids is 1. The lowest BCUT2D eigenvalue weighted by molar-refractivity contribution is 0.0168. The van der Waals surface area contributed by atoms with E-state index >= 15 is 0 Å². The number of halogens is 1. The van der Waals surface area contributed by atoms with Crippen LogP contribution in [0.15, 0.2) is 4.99 Å². The van der Waals surface area contributed by atoms with Crippen molar-refractivity contribution in [2.75, 3.05) is 26.7 Å². The lowest BCUT2D eigenvalue weighted by atomic mass is 9.98. The number of carbonyl (C=O) groups is 1. The van der Waals surface area contributed by atoms with Crippen molar-refractivity contribution in [3.63, 3.8) is 0 Å². The molecule has 0 aliphatic carbocycles. The van der Waals surface area contributed by atoms with Gasteiger partial charge < -0.3 is 20.3 Å². The van der Waals surface area contributed by atoms with E-state index in [-0.39, 0.29) is 30.1 Å². The molecule has 0 spiro atoms. The third kappa shape index (κ3) is 8.10. The van der Waals surface area contributed by atoms with Crippen LogP contribution >= 0.6 is 35.3 Å². The molecule has 0 bridgehead atoms. The molecule has 1 amide bonds.